The second kappa shape index (κ2) is 9.57. The van der Waals surface area contributed by atoms with Crippen molar-refractivity contribution in [1.82, 2.24) is 0 Å². The number of nitrogens with two attached hydrogens (primary N) is 2. The first-order valence-corrected chi connectivity index (χ1v) is 3.99. The molecule has 5 nitrogen and oxygen atoms in total. The summed E-state index contributed by atoms with van der Waals surface area (Å²) in [5.41, 5.74) is 10.3. The van der Waals surface area contributed by atoms with Gasteiger partial charge in [0.05, 0.1) is 6.54 Å². The molecule has 0 rings (SSSR count). The number of halogens is 1. The van der Waals surface area contributed by atoms with E-state index in [9.17, 15) is 0 Å². The molecule has 6 heteroatoms. The minimum absolute atomic E-state index is 0. The predicted octanol–water partition coefficient (Wildman–Crippen LogP) is 0.0807. The Bertz CT molecular complexity index is 134. The smallest absolute Gasteiger partial charge is 0.186 e. The van der Waals surface area contributed by atoms with Crippen LogP contribution in [0.4, 0.5) is 0 Å². The van der Waals surface area contributed by atoms with E-state index in [-0.39, 0.29) is 24.7 Å². The molecule has 0 aromatic carbocycles. The SMILES string of the molecule is CCOC(CN=C(N)N)OCC.Cl. The molecule has 0 bridgehead atoms. The third kappa shape index (κ3) is 9.39. The highest BCUT2D eigenvalue weighted by molar-refractivity contribution is 5.85. The summed E-state index contributed by atoms with van der Waals surface area (Å²) < 4.78 is 10.4. The zero-order valence-corrected chi connectivity index (χ0v) is 8.84. The average molecular weight is 212 g/mol. The Balaban J connectivity index is 0. The molecule has 0 atom stereocenters. The van der Waals surface area contributed by atoms with Crippen LogP contribution >= 0.6 is 12.4 Å². The van der Waals surface area contributed by atoms with Crippen LogP contribution in [0.25, 0.3) is 0 Å². The highest BCUT2D eigenvalue weighted by Crippen LogP contribution is 1.95. The maximum absolute atomic E-state index is 5.19. The molecule has 0 heterocycles. The van der Waals surface area contributed by atoms with E-state index in [1.165, 1.54) is 0 Å². The number of hydrogen-bond donors (Lipinski definition) is 2. The first-order valence-electron chi connectivity index (χ1n) is 3.99. The molecule has 0 radical (unpaired) electrons. The van der Waals surface area contributed by atoms with Crippen LogP contribution < -0.4 is 11.5 Å². The Morgan fingerprint density at radius 3 is 2.00 bits per heavy atom. The second-order valence-electron chi connectivity index (χ2n) is 2.11. The van der Waals surface area contributed by atoms with Crippen LogP contribution in [0.3, 0.4) is 0 Å². The molecule has 0 saturated heterocycles. The van der Waals surface area contributed by atoms with Crippen molar-refractivity contribution in [2.45, 2.75) is 20.1 Å². The van der Waals surface area contributed by atoms with E-state index in [2.05, 4.69) is 4.99 Å². The van der Waals surface area contributed by atoms with E-state index in [4.69, 9.17) is 20.9 Å². The highest BCUT2D eigenvalue weighted by atomic mass is 35.5. The zero-order valence-electron chi connectivity index (χ0n) is 8.03. The van der Waals surface area contributed by atoms with Crippen molar-refractivity contribution in [1.29, 1.82) is 0 Å². The van der Waals surface area contributed by atoms with Gasteiger partial charge in [-0.2, -0.15) is 0 Å². The topological polar surface area (TPSA) is 82.9 Å². The lowest BCUT2D eigenvalue weighted by atomic mass is 10.6. The molecule has 0 aliphatic rings. The summed E-state index contributed by atoms with van der Waals surface area (Å²) in [6.45, 7) is 5.31. The van der Waals surface area contributed by atoms with E-state index in [0.29, 0.717) is 19.8 Å². The van der Waals surface area contributed by atoms with E-state index in [0.717, 1.165) is 0 Å². The third-order valence-electron chi connectivity index (χ3n) is 1.13. The largest absolute Gasteiger partial charge is 0.370 e. The van der Waals surface area contributed by atoms with Crippen molar-refractivity contribution in [2.24, 2.45) is 16.5 Å². The third-order valence-corrected chi connectivity index (χ3v) is 1.13. The van der Waals surface area contributed by atoms with Gasteiger partial charge in [0.2, 0.25) is 0 Å². The number of rotatable bonds is 6. The zero-order chi connectivity index (χ0) is 9.40. The summed E-state index contributed by atoms with van der Waals surface area (Å²) in [5.74, 6) is 0.0550. The molecule has 13 heavy (non-hydrogen) atoms. The lowest BCUT2D eigenvalue weighted by Gasteiger charge is -2.14. The number of ether oxygens (including phenoxy) is 2. The lowest BCUT2D eigenvalue weighted by Crippen LogP contribution is -2.27. The fraction of sp³-hybridized carbons (Fsp3) is 0.857. The van der Waals surface area contributed by atoms with Crippen molar-refractivity contribution in [2.75, 3.05) is 19.8 Å². The molecule has 0 saturated carbocycles. The maximum Gasteiger partial charge on any atom is 0.186 e. The number of nitrogens with zero attached hydrogens (tertiary/aromatic N) is 1. The van der Waals surface area contributed by atoms with E-state index in [1.807, 2.05) is 13.8 Å². The van der Waals surface area contributed by atoms with Gasteiger partial charge in [0, 0.05) is 13.2 Å². The Morgan fingerprint density at radius 1 is 1.23 bits per heavy atom. The van der Waals surface area contributed by atoms with E-state index in [1.54, 1.807) is 0 Å². The molecule has 80 valence electrons. The quantitative estimate of drug-likeness (QED) is 0.370. The minimum atomic E-state index is -0.331. The predicted molar refractivity (Wildman–Crippen MR) is 55.0 cm³/mol. The van der Waals surface area contributed by atoms with Gasteiger partial charge >= 0.3 is 0 Å². The van der Waals surface area contributed by atoms with E-state index >= 15 is 0 Å². The van der Waals surface area contributed by atoms with Crippen LogP contribution in [0.2, 0.25) is 0 Å². The van der Waals surface area contributed by atoms with Crippen LogP contribution in [0.15, 0.2) is 4.99 Å². The summed E-state index contributed by atoms with van der Waals surface area (Å²) in [6, 6.07) is 0. The fourth-order valence-corrected chi connectivity index (χ4v) is 0.705. The van der Waals surface area contributed by atoms with Gasteiger partial charge < -0.3 is 20.9 Å². The first kappa shape index (κ1) is 15.0. The van der Waals surface area contributed by atoms with Crippen LogP contribution in [-0.4, -0.2) is 32.0 Å². The van der Waals surface area contributed by atoms with Gasteiger partial charge in [0.25, 0.3) is 0 Å². The summed E-state index contributed by atoms with van der Waals surface area (Å²) in [7, 11) is 0. The minimum Gasteiger partial charge on any atom is -0.370 e. The summed E-state index contributed by atoms with van der Waals surface area (Å²) in [5, 5.41) is 0. The molecular formula is C7H18ClN3O2. The van der Waals surface area contributed by atoms with Gasteiger partial charge in [-0.15, -0.1) is 12.4 Å². The Hall–Kier alpha value is -0.520. The Morgan fingerprint density at radius 2 is 1.69 bits per heavy atom. The van der Waals surface area contributed by atoms with Crippen LogP contribution in [-0.2, 0) is 9.47 Å². The Labute approximate surface area is 84.9 Å². The lowest BCUT2D eigenvalue weighted by molar-refractivity contribution is -0.128. The summed E-state index contributed by atoms with van der Waals surface area (Å²) >= 11 is 0. The van der Waals surface area contributed by atoms with Crippen molar-refractivity contribution in [3.63, 3.8) is 0 Å². The Kier molecular flexibility index (Phi) is 11.0. The molecule has 4 N–H and O–H groups in total. The van der Waals surface area contributed by atoms with Crippen molar-refractivity contribution < 1.29 is 9.47 Å². The maximum atomic E-state index is 5.19. The molecule has 0 unspecified atom stereocenters. The highest BCUT2D eigenvalue weighted by Gasteiger charge is 2.05. The number of guanidine groups is 1. The van der Waals surface area contributed by atoms with Gasteiger partial charge in [0.1, 0.15) is 0 Å². The molecule has 0 aromatic heterocycles. The van der Waals surface area contributed by atoms with Gasteiger partial charge in [-0.25, -0.2) is 4.99 Å². The molecular weight excluding hydrogens is 194 g/mol. The fourth-order valence-electron chi connectivity index (χ4n) is 0.705. The summed E-state index contributed by atoms with van der Waals surface area (Å²) in [6.07, 6.45) is -0.331. The normalized spacial score (nSPS) is 9.46. The van der Waals surface area contributed by atoms with Gasteiger partial charge in [0.15, 0.2) is 12.2 Å². The molecule has 0 aromatic rings. The van der Waals surface area contributed by atoms with Crippen LogP contribution in [0, 0.1) is 0 Å². The first-order chi connectivity index (χ1) is 5.70. The molecule has 0 spiro atoms. The van der Waals surface area contributed by atoms with Gasteiger partial charge in [-0.05, 0) is 13.8 Å². The monoisotopic (exact) mass is 211 g/mol. The molecule has 0 amide bonds. The van der Waals surface area contributed by atoms with Crippen LogP contribution in [0.1, 0.15) is 13.8 Å². The van der Waals surface area contributed by atoms with Gasteiger partial charge in [-0.3, -0.25) is 0 Å². The average Bonchev–Trinajstić information content (AvgIpc) is 2.01. The van der Waals surface area contributed by atoms with E-state index < -0.39 is 0 Å². The van der Waals surface area contributed by atoms with Crippen molar-refractivity contribution in [3.8, 4) is 0 Å². The molecule has 0 aliphatic carbocycles. The van der Waals surface area contributed by atoms with Gasteiger partial charge in [-0.1, -0.05) is 0 Å². The summed E-state index contributed by atoms with van der Waals surface area (Å²) in [4.78, 5) is 3.78. The molecule has 0 aliphatic heterocycles. The number of aliphatic imine (C=N–C) groups is 1. The second-order valence-corrected chi connectivity index (χ2v) is 2.11. The van der Waals surface area contributed by atoms with Crippen molar-refractivity contribution >= 4 is 18.4 Å². The number of hydrogen-bond acceptors (Lipinski definition) is 3. The molecule has 0 fully saturated rings. The van der Waals surface area contributed by atoms with Crippen LogP contribution in [0.5, 0.6) is 0 Å². The standard InChI is InChI=1S/C7H17N3O2.ClH/c1-3-11-6(12-4-2)5-10-7(8)9;/h6H,3-5H2,1-2H3,(H4,8,9,10);1H. The van der Waals surface area contributed by atoms with Crippen molar-refractivity contribution in [3.05, 3.63) is 0 Å².